The number of anilines is 1. The van der Waals surface area contributed by atoms with Crippen molar-refractivity contribution in [1.29, 1.82) is 0 Å². The Morgan fingerprint density at radius 2 is 1.89 bits per heavy atom. The maximum atomic E-state index is 8.83. The van der Waals surface area contributed by atoms with Crippen molar-refractivity contribution in [2.75, 3.05) is 44.2 Å². The van der Waals surface area contributed by atoms with Crippen LogP contribution in [0.2, 0.25) is 0 Å². The van der Waals surface area contributed by atoms with Gasteiger partial charge in [0.15, 0.2) is 0 Å². The van der Waals surface area contributed by atoms with Gasteiger partial charge in [-0.3, -0.25) is 4.90 Å². The van der Waals surface area contributed by atoms with Crippen LogP contribution in [0.3, 0.4) is 0 Å². The molecule has 0 spiro atoms. The van der Waals surface area contributed by atoms with E-state index in [1.807, 2.05) is 13.8 Å². The van der Waals surface area contributed by atoms with Crippen LogP contribution in [0.5, 0.6) is 0 Å². The van der Waals surface area contributed by atoms with Gasteiger partial charge in [-0.15, -0.1) is 0 Å². The van der Waals surface area contributed by atoms with Crippen molar-refractivity contribution >= 4 is 5.82 Å². The number of hydrogen-bond donors (Lipinski definition) is 1. The SMILES string of the molecule is Cc1cc(N2CCN(CCCO)CC2)nc(C)n1. The molecule has 0 radical (unpaired) electrons. The second-order valence-corrected chi connectivity index (χ2v) is 4.82. The van der Waals surface area contributed by atoms with Crippen LogP contribution in [0.15, 0.2) is 6.07 Å². The molecule has 5 heteroatoms. The Hall–Kier alpha value is -1.20. The number of aromatic nitrogens is 2. The van der Waals surface area contributed by atoms with Crippen LogP contribution in [0.4, 0.5) is 5.82 Å². The summed E-state index contributed by atoms with van der Waals surface area (Å²) >= 11 is 0. The van der Waals surface area contributed by atoms with E-state index in [4.69, 9.17) is 5.11 Å². The Labute approximate surface area is 108 Å². The molecule has 1 aromatic heterocycles. The van der Waals surface area contributed by atoms with E-state index in [0.717, 1.165) is 56.5 Å². The standard InChI is InChI=1S/C13H22N4O/c1-11-10-13(15-12(2)14-11)17-7-5-16(6-8-17)4-3-9-18/h10,18H,3-9H2,1-2H3. The lowest BCUT2D eigenvalue weighted by Gasteiger charge is -2.35. The van der Waals surface area contributed by atoms with E-state index in [9.17, 15) is 0 Å². The highest BCUT2D eigenvalue weighted by atomic mass is 16.3. The molecule has 0 unspecified atom stereocenters. The minimum absolute atomic E-state index is 0.282. The third-order valence-corrected chi connectivity index (χ3v) is 3.28. The fourth-order valence-corrected chi connectivity index (χ4v) is 2.35. The minimum Gasteiger partial charge on any atom is -0.396 e. The number of aliphatic hydroxyl groups is 1. The molecule has 2 rings (SSSR count). The van der Waals surface area contributed by atoms with Gasteiger partial charge in [-0.05, 0) is 20.3 Å². The van der Waals surface area contributed by atoms with Crippen LogP contribution in [0.1, 0.15) is 17.9 Å². The summed E-state index contributed by atoms with van der Waals surface area (Å²) in [7, 11) is 0. The van der Waals surface area contributed by atoms with Gasteiger partial charge in [-0.2, -0.15) is 0 Å². The van der Waals surface area contributed by atoms with Gasteiger partial charge in [0.25, 0.3) is 0 Å². The molecule has 1 aliphatic heterocycles. The first-order chi connectivity index (χ1) is 8.69. The Bertz CT molecular complexity index is 368. The molecular formula is C13H22N4O. The van der Waals surface area contributed by atoms with Crippen molar-refractivity contribution in [2.45, 2.75) is 20.3 Å². The van der Waals surface area contributed by atoms with E-state index in [0.29, 0.717) is 0 Å². The van der Waals surface area contributed by atoms with Crippen molar-refractivity contribution < 1.29 is 5.11 Å². The molecular weight excluding hydrogens is 228 g/mol. The van der Waals surface area contributed by atoms with Gasteiger partial charge in [0, 0.05) is 51.1 Å². The van der Waals surface area contributed by atoms with E-state index in [1.165, 1.54) is 0 Å². The molecule has 0 aromatic carbocycles. The molecule has 1 aliphatic rings. The topological polar surface area (TPSA) is 52.5 Å². The zero-order chi connectivity index (χ0) is 13.0. The highest BCUT2D eigenvalue weighted by molar-refractivity contribution is 5.40. The molecule has 100 valence electrons. The molecule has 0 saturated carbocycles. The fraction of sp³-hybridized carbons (Fsp3) is 0.692. The molecule has 18 heavy (non-hydrogen) atoms. The van der Waals surface area contributed by atoms with Crippen molar-refractivity contribution in [3.8, 4) is 0 Å². The van der Waals surface area contributed by atoms with Crippen molar-refractivity contribution in [1.82, 2.24) is 14.9 Å². The van der Waals surface area contributed by atoms with Crippen molar-refractivity contribution in [3.63, 3.8) is 0 Å². The van der Waals surface area contributed by atoms with Crippen LogP contribution in [-0.2, 0) is 0 Å². The lowest BCUT2D eigenvalue weighted by atomic mass is 10.2. The summed E-state index contributed by atoms with van der Waals surface area (Å²) in [4.78, 5) is 13.5. The number of aliphatic hydroxyl groups excluding tert-OH is 1. The highest BCUT2D eigenvalue weighted by Crippen LogP contribution is 2.14. The van der Waals surface area contributed by atoms with Crippen molar-refractivity contribution in [2.24, 2.45) is 0 Å². The Morgan fingerprint density at radius 1 is 1.17 bits per heavy atom. The first-order valence-electron chi connectivity index (χ1n) is 6.59. The number of hydrogen-bond acceptors (Lipinski definition) is 5. The summed E-state index contributed by atoms with van der Waals surface area (Å²) in [5.41, 5.74) is 1.03. The first-order valence-corrected chi connectivity index (χ1v) is 6.59. The smallest absolute Gasteiger partial charge is 0.132 e. The molecule has 0 amide bonds. The largest absolute Gasteiger partial charge is 0.396 e. The summed E-state index contributed by atoms with van der Waals surface area (Å²) in [5, 5.41) is 8.83. The Kier molecular flexibility index (Phi) is 4.49. The maximum Gasteiger partial charge on any atom is 0.132 e. The molecule has 1 aromatic rings. The Balaban J connectivity index is 1.92. The summed E-state index contributed by atoms with van der Waals surface area (Å²) in [6.45, 7) is 9.31. The molecule has 0 atom stereocenters. The molecule has 5 nitrogen and oxygen atoms in total. The van der Waals surface area contributed by atoms with E-state index < -0.39 is 0 Å². The third kappa shape index (κ3) is 3.40. The summed E-state index contributed by atoms with van der Waals surface area (Å²) in [6, 6.07) is 2.05. The number of aryl methyl sites for hydroxylation is 2. The molecule has 0 bridgehead atoms. The summed E-state index contributed by atoms with van der Waals surface area (Å²) in [6.07, 6.45) is 0.867. The minimum atomic E-state index is 0.282. The lowest BCUT2D eigenvalue weighted by Crippen LogP contribution is -2.47. The van der Waals surface area contributed by atoms with Gasteiger partial charge in [-0.25, -0.2) is 9.97 Å². The van der Waals surface area contributed by atoms with Crippen LogP contribution < -0.4 is 4.90 Å². The number of nitrogens with zero attached hydrogens (tertiary/aromatic N) is 4. The highest BCUT2D eigenvalue weighted by Gasteiger charge is 2.17. The average molecular weight is 250 g/mol. The van der Waals surface area contributed by atoms with Crippen LogP contribution in [0, 0.1) is 13.8 Å². The first kappa shape index (κ1) is 13.2. The van der Waals surface area contributed by atoms with E-state index in [2.05, 4.69) is 25.8 Å². The molecule has 2 heterocycles. The van der Waals surface area contributed by atoms with Gasteiger partial charge < -0.3 is 10.0 Å². The second kappa shape index (κ2) is 6.11. The number of piperazine rings is 1. The quantitative estimate of drug-likeness (QED) is 0.848. The molecule has 1 N–H and O–H groups in total. The zero-order valence-corrected chi connectivity index (χ0v) is 11.3. The monoisotopic (exact) mass is 250 g/mol. The predicted molar refractivity (Wildman–Crippen MR) is 71.9 cm³/mol. The zero-order valence-electron chi connectivity index (χ0n) is 11.3. The maximum absolute atomic E-state index is 8.83. The molecule has 1 fully saturated rings. The van der Waals surface area contributed by atoms with Crippen LogP contribution >= 0.6 is 0 Å². The van der Waals surface area contributed by atoms with Gasteiger partial charge in [0.05, 0.1) is 0 Å². The summed E-state index contributed by atoms with van der Waals surface area (Å²) in [5.74, 6) is 1.88. The number of rotatable bonds is 4. The second-order valence-electron chi connectivity index (χ2n) is 4.82. The predicted octanol–water partition coefficient (Wildman–Crippen LogP) is 0.598. The lowest BCUT2D eigenvalue weighted by molar-refractivity contribution is 0.215. The van der Waals surface area contributed by atoms with Crippen LogP contribution in [0.25, 0.3) is 0 Å². The summed E-state index contributed by atoms with van der Waals surface area (Å²) < 4.78 is 0. The normalized spacial score (nSPS) is 17.2. The van der Waals surface area contributed by atoms with Crippen LogP contribution in [-0.4, -0.2) is 59.3 Å². The van der Waals surface area contributed by atoms with E-state index in [1.54, 1.807) is 0 Å². The van der Waals surface area contributed by atoms with Gasteiger partial charge in [0.1, 0.15) is 11.6 Å². The molecule has 0 aliphatic carbocycles. The third-order valence-electron chi connectivity index (χ3n) is 3.28. The van der Waals surface area contributed by atoms with E-state index >= 15 is 0 Å². The van der Waals surface area contributed by atoms with Crippen molar-refractivity contribution in [3.05, 3.63) is 17.6 Å². The van der Waals surface area contributed by atoms with Gasteiger partial charge in [0.2, 0.25) is 0 Å². The van der Waals surface area contributed by atoms with Gasteiger partial charge >= 0.3 is 0 Å². The molecule has 1 saturated heterocycles. The fourth-order valence-electron chi connectivity index (χ4n) is 2.35. The average Bonchev–Trinajstić information content (AvgIpc) is 2.36. The Morgan fingerprint density at radius 3 is 2.50 bits per heavy atom. The van der Waals surface area contributed by atoms with Gasteiger partial charge in [-0.1, -0.05) is 0 Å². The van der Waals surface area contributed by atoms with E-state index in [-0.39, 0.29) is 6.61 Å².